The number of nitrogens with two attached hydrogens (primary N) is 1. The third-order valence-corrected chi connectivity index (χ3v) is 9.77. The van der Waals surface area contributed by atoms with Crippen LogP contribution in [-0.4, -0.2) is 83.8 Å². The number of carbonyl (C=O) groups excluding carboxylic acids is 2. The predicted molar refractivity (Wildman–Crippen MR) is 250 cm³/mol. The number of pyridine rings is 3. The minimum atomic E-state index is -0.508. The van der Waals surface area contributed by atoms with Crippen molar-refractivity contribution in [3.05, 3.63) is 150 Å². The Morgan fingerprint density at radius 2 is 1.20 bits per heavy atom. The number of anilines is 1. The number of oxazole rings is 3. The molecule has 10 rings (SSSR count). The normalized spacial score (nSPS) is 10.5. The van der Waals surface area contributed by atoms with Crippen LogP contribution in [0.2, 0.25) is 0 Å². The average Bonchev–Trinajstić information content (AvgIpc) is 4.12. The summed E-state index contributed by atoms with van der Waals surface area (Å²) in [6.07, 6.45) is 4.99. The third kappa shape index (κ3) is 12.8. The molecule has 18 nitrogen and oxygen atoms in total. The number of aromatic nitrogens is 7. The fourth-order valence-electron chi connectivity index (χ4n) is 6.04. The Labute approximate surface area is 397 Å². The number of nitrogens with zero attached hydrogens (tertiary/aromatic N) is 7. The van der Waals surface area contributed by atoms with Crippen LogP contribution in [-0.2, 0) is 6.54 Å². The lowest BCUT2D eigenvalue weighted by molar-refractivity contribution is 0.0963. The highest BCUT2D eigenvalue weighted by atomic mass is 79.9. The molecule has 356 valence electrons. The van der Waals surface area contributed by atoms with E-state index in [0.717, 1.165) is 34.9 Å². The zero-order valence-electron chi connectivity index (χ0n) is 37.0. The number of ether oxygens (including phenoxy) is 3. The first kappa shape index (κ1) is 50.1. The minimum absolute atomic E-state index is 0.114. The summed E-state index contributed by atoms with van der Waals surface area (Å²) < 4.78 is 72.6. The molecule has 0 aliphatic heterocycles. The molecule has 0 saturated carbocycles. The van der Waals surface area contributed by atoms with Gasteiger partial charge in [-0.1, -0.05) is 15.9 Å². The van der Waals surface area contributed by atoms with Gasteiger partial charge in [0.2, 0.25) is 5.78 Å². The van der Waals surface area contributed by atoms with Crippen molar-refractivity contribution in [3.63, 3.8) is 0 Å². The van der Waals surface area contributed by atoms with Crippen LogP contribution in [0.15, 0.2) is 129 Å². The molecule has 4 N–H and O–H groups in total. The number of imidazole rings is 1. The molecular formula is C47H41BrF3N9O9. The zero-order chi connectivity index (χ0) is 49.6. The highest BCUT2D eigenvalue weighted by Gasteiger charge is 2.16. The number of alkyl halides is 1. The monoisotopic (exact) mass is 1010 g/mol. The van der Waals surface area contributed by atoms with Crippen molar-refractivity contribution in [3.8, 4) is 28.6 Å². The van der Waals surface area contributed by atoms with Gasteiger partial charge in [-0.2, -0.15) is 9.97 Å². The Bertz CT molecular complexity index is 3370. The number of hydrogen-bond donors (Lipinski definition) is 3. The maximum atomic E-state index is 12.9. The Morgan fingerprint density at radius 3 is 1.74 bits per heavy atom. The van der Waals surface area contributed by atoms with Gasteiger partial charge in [0.1, 0.15) is 57.3 Å². The molecule has 0 bridgehead atoms. The molecule has 0 radical (unpaired) electrons. The van der Waals surface area contributed by atoms with Gasteiger partial charge in [0.15, 0.2) is 22.5 Å². The quantitative estimate of drug-likeness (QED) is 0.0905. The second-order valence-electron chi connectivity index (χ2n) is 13.8. The van der Waals surface area contributed by atoms with E-state index in [9.17, 15) is 22.8 Å². The Balaban J connectivity index is 0.000000154. The van der Waals surface area contributed by atoms with Crippen LogP contribution >= 0.6 is 15.9 Å². The number of fused-ring (bicyclic) bond motifs is 5. The smallest absolute Gasteiger partial charge is 0.307 e. The van der Waals surface area contributed by atoms with E-state index in [2.05, 4.69) is 40.8 Å². The SMILES string of the molecule is CCO.COc1ccc2c(c1)oc(=N)n2CC(=O)c1ccc(F)cn1.COc1ccc2c(c1)oc1nc(-c3ccc(F)cn3)cn12.COc1ccc2nc(N)oc2c1.O=C(CBr)c1ccc(F)cn1. The first-order valence-electron chi connectivity index (χ1n) is 20.2. The molecule has 69 heavy (non-hydrogen) atoms. The summed E-state index contributed by atoms with van der Waals surface area (Å²) in [7, 11) is 4.73. The maximum absolute atomic E-state index is 12.9. The summed E-state index contributed by atoms with van der Waals surface area (Å²) in [5.41, 5.74) is 10.9. The summed E-state index contributed by atoms with van der Waals surface area (Å²) in [5.74, 6) is 0.710. The number of carbonyl (C=O) groups is 2. The molecule has 0 aliphatic rings. The number of nitrogens with one attached hydrogen (secondary N) is 1. The summed E-state index contributed by atoms with van der Waals surface area (Å²) in [6, 6.07) is 24.2. The van der Waals surface area contributed by atoms with Gasteiger partial charge < -0.3 is 38.3 Å². The largest absolute Gasteiger partial charge is 0.497 e. The van der Waals surface area contributed by atoms with Crippen LogP contribution < -0.4 is 25.6 Å². The Kier molecular flexibility index (Phi) is 17.0. The fourth-order valence-corrected chi connectivity index (χ4v) is 6.32. The number of aliphatic hydroxyl groups excluding tert-OH is 1. The van der Waals surface area contributed by atoms with Crippen molar-refractivity contribution in [1.82, 2.24) is 33.9 Å². The van der Waals surface area contributed by atoms with Crippen molar-refractivity contribution in [1.29, 1.82) is 5.41 Å². The molecule has 7 heterocycles. The lowest BCUT2D eigenvalue weighted by Gasteiger charge is -2.03. The van der Waals surface area contributed by atoms with E-state index in [0.29, 0.717) is 45.2 Å². The van der Waals surface area contributed by atoms with Gasteiger partial charge in [0.05, 0.1) is 68.5 Å². The number of rotatable bonds is 9. The van der Waals surface area contributed by atoms with Crippen molar-refractivity contribution < 1.29 is 55.3 Å². The molecule has 3 aromatic carbocycles. The summed E-state index contributed by atoms with van der Waals surface area (Å²) >= 11 is 2.99. The maximum Gasteiger partial charge on any atom is 0.307 e. The highest BCUT2D eigenvalue weighted by molar-refractivity contribution is 9.09. The van der Waals surface area contributed by atoms with Gasteiger partial charge in [-0.05, 0) is 79.7 Å². The fraction of sp³-hybridized carbons (Fsp3) is 0.149. The van der Waals surface area contributed by atoms with Gasteiger partial charge in [0, 0.05) is 31.0 Å². The van der Waals surface area contributed by atoms with E-state index in [1.807, 2.05) is 28.8 Å². The van der Waals surface area contributed by atoms with Gasteiger partial charge in [-0.15, -0.1) is 0 Å². The first-order valence-corrected chi connectivity index (χ1v) is 21.4. The third-order valence-electron chi connectivity index (χ3n) is 9.26. The van der Waals surface area contributed by atoms with E-state index in [4.69, 9.17) is 43.7 Å². The van der Waals surface area contributed by atoms with Crippen LogP contribution in [0.25, 0.3) is 50.5 Å². The van der Waals surface area contributed by atoms with E-state index >= 15 is 0 Å². The van der Waals surface area contributed by atoms with Crippen LogP contribution in [0.3, 0.4) is 0 Å². The van der Waals surface area contributed by atoms with E-state index in [1.165, 1.54) is 48.2 Å². The molecule has 0 unspecified atom stereocenters. The first-order chi connectivity index (χ1) is 33.3. The Morgan fingerprint density at radius 1 is 0.681 bits per heavy atom. The van der Waals surface area contributed by atoms with Crippen LogP contribution in [0.1, 0.15) is 27.9 Å². The van der Waals surface area contributed by atoms with Crippen LogP contribution in [0.5, 0.6) is 17.2 Å². The number of methoxy groups -OCH3 is 3. The topological polar surface area (TPSA) is 245 Å². The van der Waals surface area contributed by atoms with Crippen LogP contribution in [0, 0.1) is 22.9 Å². The second-order valence-corrected chi connectivity index (χ2v) is 14.4. The van der Waals surface area contributed by atoms with Gasteiger partial charge in [0.25, 0.3) is 11.7 Å². The predicted octanol–water partition coefficient (Wildman–Crippen LogP) is 8.65. The van der Waals surface area contributed by atoms with Crippen molar-refractivity contribution in [2.45, 2.75) is 13.5 Å². The lowest BCUT2D eigenvalue weighted by atomic mass is 10.2. The molecule has 0 saturated heterocycles. The summed E-state index contributed by atoms with van der Waals surface area (Å²) in [4.78, 5) is 42.8. The van der Waals surface area contributed by atoms with E-state index < -0.39 is 11.6 Å². The Hall–Kier alpha value is -8.37. The minimum Gasteiger partial charge on any atom is -0.497 e. The summed E-state index contributed by atoms with van der Waals surface area (Å²) in [5, 5.41) is 15.6. The molecule has 0 fully saturated rings. The standard InChI is InChI=1S/C15H12FN3O3.C15H10FN3O2.C8H8N2O2.C7H5BrFNO.C2H6O/c1-21-10-3-5-12-14(6-10)22-15(17)19(12)8-13(20)11-4-2-9(16)7-18-11;1-20-10-3-5-13-14(6-10)21-15-18-12(8-19(13)15)11-4-2-9(16)7-17-11;1-11-5-2-3-6-7(4-5)12-8(9)10-6;8-3-7(11)6-2-1-5(9)4-10-6;1-2-3/h2-7,17H,8H2,1H3;2-8H,1H3;2-4H,1H3,(H2,9,10);1-2,4H,3H2;3H,2H2,1H3. The molecule has 22 heteroatoms. The van der Waals surface area contributed by atoms with E-state index in [-0.39, 0.29) is 59.0 Å². The average molecular weight is 1010 g/mol. The van der Waals surface area contributed by atoms with Gasteiger partial charge in [-0.3, -0.25) is 38.9 Å². The molecule has 0 atom stereocenters. The number of Topliss-reactive ketones (excluding diaryl/α,β-unsaturated/α-hetero) is 2. The molecule has 7 aromatic heterocycles. The van der Waals surface area contributed by atoms with Gasteiger partial charge >= 0.3 is 5.84 Å². The molecule has 0 aliphatic carbocycles. The molecule has 0 amide bonds. The van der Waals surface area contributed by atoms with E-state index in [1.54, 1.807) is 63.6 Å². The van der Waals surface area contributed by atoms with Crippen molar-refractivity contribution >= 4 is 72.7 Å². The number of hydrogen-bond acceptors (Lipinski definition) is 16. The van der Waals surface area contributed by atoms with Crippen LogP contribution in [0.4, 0.5) is 19.2 Å². The summed E-state index contributed by atoms with van der Waals surface area (Å²) in [6.45, 7) is 1.82. The number of aliphatic hydroxyl groups is 1. The van der Waals surface area contributed by atoms with Gasteiger partial charge in [-0.25, -0.2) is 13.2 Å². The number of ketones is 2. The zero-order valence-corrected chi connectivity index (χ0v) is 38.6. The number of benzene rings is 3. The molecular weight excluding hydrogens is 971 g/mol. The van der Waals surface area contributed by atoms with Crippen molar-refractivity contribution in [2.75, 3.05) is 39.0 Å². The highest BCUT2D eigenvalue weighted by Crippen LogP contribution is 2.27. The number of nitrogen functional groups attached to an aromatic ring is 1. The molecule has 10 aromatic rings. The second kappa shape index (κ2) is 23.4. The van der Waals surface area contributed by atoms with Crippen molar-refractivity contribution in [2.24, 2.45) is 0 Å². The number of halogens is 4. The molecule has 0 spiro atoms. The lowest BCUT2D eigenvalue weighted by Crippen LogP contribution is -2.20.